The Kier molecular flexibility index (Phi) is 9.01. The van der Waals surface area contributed by atoms with Gasteiger partial charge in [-0.3, -0.25) is 0 Å². The predicted octanol–water partition coefficient (Wildman–Crippen LogP) is 3.13. The van der Waals surface area contributed by atoms with E-state index in [0.717, 1.165) is 6.42 Å². The molecular formula is C14H22AcO. The minimum atomic E-state index is 0. The summed E-state index contributed by atoms with van der Waals surface area (Å²) < 4.78 is 0. The smallest absolute Gasteiger partial charge is 0.0465 e. The average molecular weight is 433 g/mol. The molecule has 0 unspecified atom stereocenters. The maximum absolute atomic E-state index is 9.41. The first-order chi connectivity index (χ1) is 7.15. The Hall–Kier alpha value is 0.622. The maximum atomic E-state index is 9.41. The van der Waals surface area contributed by atoms with Gasteiger partial charge in [-0.15, -0.1) is 0 Å². The van der Waals surface area contributed by atoms with Crippen molar-refractivity contribution >= 4 is 0 Å². The van der Waals surface area contributed by atoms with Gasteiger partial charge in [0.15, 0.2) is 0 Å². The second kappa shape index (κ2) is 8.67. The summed E-state index contributed by atoms with van der Waals surface area (Å²) in [4.78, 5) is 0. The molecule has 1 aromatic rings. The van der Waals surface area contributed by atoms with Gasteiger partial charge >= 0.3 is 0 Å². The van der Waals surface area contributed by atoms with E-state index in [0.29, 0.717) is 17.8 Å². The molecule has 0 aliphatic heterocycles. The van der Waals surface area contributed by atoms with E-state index >= 15 is 0 Å². The van der Waals surface area contributed by atoms with Crippen LogP contribution in [0.25, 0.3) is 0 Å². The van der Waals surface area contributed by atoms with Crippen LogP contribution in [0.2, 0.25) is 0 Å². The van der Waals surface area contributed by atoms with Crippen molar-refractivity contribution in [2.24, 2.45) is 17.8 Å². The summed E-state index contributed by atoms with van der Waals surface area (Å²) in [6.07, 6.45) is 0.983. The molecule has 1 radical (unpaired) electrons. The molecule has 1 rings (SSSR count). The van der Waals surface area contributed by atoms with Gasteiger partial charge in [0.05, 0.1) is 0 Å². The van der Waals surface area contributed by atoms with Gasteiger partial charge in [-0.05, 0) is 29.7 Å². The van der Waals surface area contributed by atoms with Gasteiger partial charge in [0, 0.05) is 50.7 Å². The normalized spacial score (nSPS) is 14.3. The molecule has 2 heteroatoms. The Labute approximate surface area is 135 Å². The Morgan fingerprint density at radius 1 is 1.06 bits per heavy atom. The second-order valence-corrected chi connectivity index (χ2v) is 4.74. The Bertz CT molecular complexity index is 271. The molecule has 0 saturated carbocycles. The summed E-state index contributed by atoms with van der Waals surface area (Å²) in [6, 6.07) is 10.4. The fourth-order valence-electron chi connectivity index (χ4n) is 1.88. The van der Waals surface area contributed by atoms with Crippen LogP contribution < -0.4 is 0 Å². The summed E-state index contributed by atoms with van der Waals surface area (Å²) in [5.41, 5.74) is 1.32. The molecule has 1 aromatic carbocycles. The van der Waals surface area contributed by atoms with Crippen molar-refractivity contribution in [3.63, 3.8) is 0 Å². The van der Waals surface area contributed by atoms with Crippen LogP contribution >= 0.6 is 0 Å². The monoisotopic (exact) mass is 433 g/mol. The van der Waals surface area contributed by atoms with Crippen molar-refractivity contribution in [2.45, 2.75) is 27.2 Å². The van der Waals surface area contributed by atoms with Gasteiger partial charge in [0.1, 0.15) is 0 Å². The molecule has 0 spiro atoms. The summed E-state index contributed by atoms with van der Waals surface area (Å²) >= 11 is 0. The third kappa shape index (κ3) is 5.30. The van der Waals surface area contributed by atoms with Gasteiger partial charge in [-0.2, -0.15) is 0 Å². The molecule has 0 bridgehead atoms. The van der Waals surface area contributed by atoms with Gasteiger partial charge in [0.25, 0.3) is 0 Å². The van der Waals surface area contributed by atoms with E-state index in [1.807, 2.05) is 6.07 Å². The Morgan fingerprint density at radius 2 is 1.62 bits per heavy atom. The zero-order valence-electron chi connectivity index (χ0n) is 10.6. The zero-order chi connectivity index (χ0) is 11.3. The molecule has 0 aliphatic carbocycles. The SMILES string of the molecule is CC(C)[C@@H](C)[C@H](CO)Cc1ccccc1.[Ac]. The van der Waals surface area contributed by atoms with Crippen LogP contribution in [-0.2, 0) is 6.42 Å². The molecule has 16 heavy (non-hydrogen) atoms. The number of hydrogen-bond acceptors (Lipinski definition) is 1. The van der Waals surface area contributed by atoms with Crippen LogP contribution in [0.4, 0.5) is 0 Å². The second-order valence-electron chi connectivity index (χ2n) is 4.74. The number of aliphatic hydroxyl groups excluding tert-OH is 1. The van der Waals surface area contributed by atoms with Gasteiger partial charge in [-0.1, -0.05) is 51.1 Å². The molecular weight excluding hydrogens is 411 g/mol. The third-order valence-corrected chi connectivity index (χ3v) is 3.37. The standard InChI is InChI=1S/C14H22O.Ac/c1-11(2)12(3)14(10-15)9-13-7-5-4-6-8-13;/h4-8,11-12,14-15H,9-10H2,1-3H3;/t12-,14+;/m1./s1. The molecule has 0 aliphatic rings. The summed E-state index contributed by atoms with van der Waals surface area (Å²) in [7, 11) is 0. The molecule has 2 atom stereocenters. The van der Waals surface area contributed by atoms with Gasteiger partial charge in [-0.25, -0.2) is 0 Å². The third-order valence-electron chi connectivity index (χ3n) is 3.37. The van der Waals surface area contributed by atoms with Crippen molar-refractivity contribution in [1.82, 2.24) is 0 Å². The molecule has 0 heterocycles. The van der Waals surface area contributed by atoms with Crippen molar-refractivity contribution in [1.29, 1.82) is 0 Å². The van der Waals surface area contributed by atoms with Gasteiger partial charge < -0.3 is 5.11 Å². The summed E-state index contributed by atoms with van der Waals surface area (Å²) in [6.45, 7) is 6.96. The number of hydrogen-bond donors (Lipinski definition) is 1. The van der Waals surface area contributed by atoms with Crippen molar-refractivity contribution in [3.8, 4) is 0 Å². The van der Waals surface area contributed by atoms with E-state index in [1.165, 1.54) is 5.56 Å². The first kappa shape index (κ1) is 16.6. The molecule has 0 aromatic heterocycles. The molecule has 1 N–H and O–H groups in total. The molecule has 1 nitrogen and oxygen atoms in total. The number of rotatable bonds is 5. The molecule has 0 saturated heterocycles. The van der Waals surface area contributed by atoms with Crippen molar-refractivity contribution < 1.29 is 49.2 Å². The number of benzene rings is 1. The van der Waals surface area contributed by atoms with Crippen LogP contribution in [0.1, 0.15) is 26.3 Å². The van der Waals surface area contributed by atoms with Crippen LogP contribution in [-0.4, -0.2) is 11.7 Å². The van der Waals surface area contributed by atoms with E-state index in [4.69, 9.17) is 0 Å². The zero-order valence-corrected chi connectivity index (χ0v) is 15.3. The maximum Gasteiger partial charge on any atom is 0.0465 e. The first-order valence-corrected chi connectivity index (χ1v) is 5.80. The minimum Gasteiger partial charge on any atom is -0.396 e. The van der Waals surface area contributed by atoms with Crippen LogP contribution in [0, 0.1) is 61.8 Å². The van der Waals surface area contributed by atoms with E-state index in [2.05, 4.69) is 45.0 Å². The van der Waals surface area contributed by atoms with Crippen LogP contribution in [0.3, 0.4) is 0 Å². The largest absolute Gasteiger partial charge is 0.396 e. The summed E-state index contributed by atoms with van der Waals surface area (Å²) in [5.74, 6) is 1.58. The van der Waals surface area contributed by atoms with E-state index < -0.39 is 0 Å². The quantitative estimate of drug-likeness (QED) is 0.757. The van der Waals surface area contributed by atoms with E-state index in [9.17, 15) is 5.11 Å². The van der Waals surface area contributed by atoms with E-state index in [1.54, 1.807) is 0 Å². The van der Waals surface area contributed by atoms with Crippen LogP contribution in [0.15, 0.2) is 30.3 Å². The first-order valence-electron chi connectivity index (χ1n) is 5.80. The fraction of sp³-hybridized carbons (Fsp3) is 0.571. The van der Waals surface area contributed by atoms with Gasteiger partial charge in [0.2, 0.25) is 0 Å². The fourth-order valence-corrected chi connectivity index (χ4v) is 1.88. The summed E-state index contributed by atoms with van der Waals surface area (Å²) in [5, 5.41) is 9.41. The molecule has 0 amide bonds. The minimum absolute atomic E-state index is 0. The molecule has 0 fully saturated rings. The van der Waals surface area contributed by atoms with E-state index in [-0.39, 0.29) is 50.7 Å². The number of aliphatic hydroxyl groups is 1. The van der Waals surface area contributed by atoms with Crippen molar-refractivity contribution in [3.05, 3.63) is 35.9 Å². The van der Waals surface area contributed by atoms with Crippen molar-refractivity contribution in [2.75, 3.05) is 6.61 Å². The predicted molar refractivity (Wildman–Crippen MR) is 64.7 cm³/mol. The van der Waals surface area contributed by atoms with Crippen LogP contribution in [0.5, 0.6) is 0 Å². The molecule has 87 valence electrons. The topological polar surface area (TPSA) is 20.2 Å². The Balaban J connectivity index is 0.00000225. The Morgan fingerprint density at radius 3 is 2.06 bits per heavy atom. The average Bonchev–Trinajstić information content (AvgIpc) is 2.26.